The molecular weight excluding hydrogens is 490 g/mol. The third-order valence-electron chi connectivity index (χ3n) is 6.89. The van der Waals surface area contributed by atoms with E-state index in [1.165, 1.54) is 22.7 Å². The zero-order valence-corrected chi connectivity index (χ0v) is 21.6. The number of thiazole rings is 2. The molecule has 4 aromatic rings. The minimum atomic E-state index is -0.441. The molecule has 36 heavy (non-hydrogen) atoms. The van der Waals surface area contributed by atoms with Crippen molar-refractivity contribution >= 4 is 34.6 Å². The zero-order chi connectivity index (χ0) is 24.8. The van der Waals surface area contributed by atoms with Gasteiger partial charge in [0.25, 0.3) is 5.91 Å². The van der Waals surface area contributed by atoms with E-state index in [0.29, 0.717) is 29.8 Å². The van der Waals surface area contributed by atoms with Crippen LogP contribution < -0.4 is 0 Å². The van der Waals surface area contributed by atoms with Gasteiger partial charge in [-0.25, -0.2) is 14.8 Å². The van der Waals surface area contributed by atoms with Gasteiger partial charge in [-0.2, -0.15) is 0 Å². The lowest BCUT2D eigenvalue weighted by Crippen LogP contribution is -2.42. The van der Waals surface area contributed by atoms with Crippen LogP contribution in [-0.2, 0) is 4.74 Å². The Labute approximate surface area is 217 Å². The third kappa shape index (κ3) is 4.24. The molecule has 3 heterocycles. The summed E-state index contributed by atoms with van der Waals surface area (Å²) in [6.45, 7) is 4.66. The van der Waals surface area contributed by atoms with Crippen molar-refractivity contribution < 1.29 is 14.3 Å². The average Bonchev–Trinajstić information content (AvgIpc) is 3.21. The molecule has 0 spiro atoms. The lowest BCUT2D eigenvalue weighted by Gasteiger charge is -2.27. The summed E-state index contributed by atoms with van der Waals surface area (Å²) in [4.78, 5) is 39.5. The van der Waals surface area contributed by atoms with Gasteiger partial charge in [-0.15, -0.1) is 22.7 Å². The van der Waals surface area contributed by atoms with Crippen molar-refractivity contribution in [3.63, 3.8) is 0 Å². The standard InChI is InChI=1S/C28H25N3O3S2/c1-16-29-23(25(35-16)18-9-5-3-6-10-18)27(32)31-14-20-13-21(20)22(31)15-34-28(33)24-26(36-17(2)30-24)19-11-7-4-8-12-19/h3-12,20-22H,13-15H2,1-2H3/t20-,21-,22+/m0/s1. The molecule has 6 nitrogen and oxygen atoms in total. The van der Waals surface area contributed by atoms with Crippen LogP contribution in [0.15, 0.2) is 60.7 Å². The van der Waals surface area contributed by atoms with Gasteiger partial charge in [0, 0.05) is 6.54 Å². The van der Waals surface area contributed by atoms with Crippen LogP contribution in [0.3, 0.4) is 0 Å². The quantitative estimate of drug-likeness (QED) is 0.301. The number of fused-ring (bicyclic) bond motifs is 1. The van der Waals surface area contributed by atoms with E-state index in [4.69, 9.17) is 4.74 Å². The van der Waals surface area contributed by atoms with Gasteiger partial charge in [0.1, 0.15) is 12.3 Å². The van der Waals surface area contributed by atoms with Crippen LogP contribution in [0.4, 0.5) is 0 Å². The van der Waals surface area contributed by atoms with Crippen molar-refractivity contribution in [2.24, 2.45) is 11.8 Å². The number of aromatic nitrogens is 2. The zero-order valence-electron chi connectivity index (χ0n) is 20.0. The summed E-state index contributed by atoms with van der Waals surface area (Å²) in [7, 11) is 0. The predicted molar refractivity (Wildman–Crippen MR) is 141 cm³/mol. The highest BCUT2D eigenvalue weighted by Gasteiger charge is 2.55. The van der Waals surface area contributed by atoms with Gasteiger partial charge < -0.3 is 9.64 Å². The molecule has 1 saturated heterocycles. The molecule has 1 amide bonds. The first-order valence-electron chi connectivity index (χ1n) is 12.0. The minimum absolute atomic E-state index is 0.0825. The maximum atomic E-state index is 13.7. The third-order valence-corrected chi connectivity index (χ3v) is 8.92. The van der Waals surface area contributed by atoms with Crippen LogP contribution in [0.1, 0.15) is 37.4 Å². The Morgan fingerprint density at radius 2 is 1.44 bits per heavy atom. The highest BCUT2D eigenvalue weighted by Crippen LogP contribution is 2.50. The van der Waals surface area contributed by atoms with Gasteiger partial charge in [-0.3, -0.25) is 4.79 Å². The number of rotatable bonds is 6. The second-order valence-corrected chi connectivity index (χ2v) is 11.7. The van der Waals surface area contributed by atoms with Crippen LogP contribution in [0.2, 0.25) is 0 Å². The Kier molecular flexibility index (Phi) is 5.93. The molecule has 2 fully saturated rings. The molecule has 2 aliphatic rings. The van der Waals surface area contributed by atoms with Gasteiger partial charge in [0.05, 0.1) is 25.8 Å². The summed E-state index contributed by atoms with van der Waals surface area (Å²) in [5, 5.41) is 1.67. The molecule has 1 saturated carbocycles. The monoisotopic (exact) mass is 515 g/mol. The van der Waals surface area contributed by atoms with Gasteiger partial charge in [-0.1, -0.05) is 60.7 Å². The minimum Gasteiger partial charge on any atom is -0.459 e. The number of ether oxygens (including phenoxy) is 1. The molecule has 8 heteroatoms. The van der Waals surface area contributed by atoms with E-state index >= 15 is 0 Å². The van der Waals surface area contributed by atoms with Gasteiger partial charge in [0.2, 0.25) is 0 Å². The summed E-state index contributed by atoms with van der Waals surface area (Å²) in [5.41, 5.74) is 2.77. The number of carbonyl (C=O) groups excluding carboxylic acids is 2. The first kappa shape index (κ1) is 23.1. The summed E-state index contributed by atoms with van der Waals surface area (Å²) >= 11 is 3.02. The molecule has 6 rings (SSSR count). The molecule has 182 valence electrons. The van der Waals surface area contributed by atoms with E-state index in [1.807, 2.05) is 79.4 Å². The molecule has 0 radical (unpaired) electrons. The highest BCUT2D eigenvalue weighted by molar-refractivity contribution is 7.15. The number of esters is 1. The van der Waals surface area contributed by atoms with Gasteiger partial charge in [0.15, 0.2) is 5.69 Å². The fourth-order valence-electron chi connectivity index (χ4n) is 5.09. The SMILES string of the molecule is Cc1nc(C(=O)OC[C@@H]2[C@H]3C[C@H]3CN2C(=O)c2nc(C)sc2-c2ccccc2)c(-c2ccccc2)s1. The summed E-state index contributed by atoms with van der Waals surface area (Å²) in [6, 6.07) is 19.5. The van der Waals surface area contributed by atoms with Crippen molar-refractivity contribution in [2.45, 2.75) is 26.3 Å². The molecule has 0 unspecified atom stereocenters. The number of carbonyl (C=O) groups is 2. The second-order valence-electron chi connectivity index (χ2n) is 9.34. The molecule has 2 aromatic carbocycles. The molecule has 1 aliphatic heterocycles. The van der Waals surface area contributed by atoms with Crippen molar-refractivity contribution in [1.82, 2.24) is 14.9 Å². The number of amides is 1. The number of likely N-dealkylation sites (tertiary alicyclic amines) is 1. The summed E-state index contributed by atoms with van der Waals surface area (Å²) in [6.07, 6.45) is 1.07. The maximum absolute atomic E-state index is 13.7. The first-order valence-corrected chi connectivity index (χ1v) is 13.7. The van der Waals surface area contributed by atoms with Crippen molar-refractivity contribution in [2.75, 3.05) is 13.2 Å². The Morgan fingerprint density at radius 1 is 0.889 bits per heavy atom. The molecule has 2 aromatic heterocycles. The van der Waals surface area contributed by atoms with Crippen molar-refractivity contribution in [3.8, 4) is 20.9 Å². The normalized spacial score (nSPS) is 20.3. The Morgan fingerprint density at radius 3 is 2.06 bits per heavy atom. The number of nitrogens with zero attached hydrogens (tertiary/aromatic N) is 3. The Bertz CT molecular complexity index is 1430. The maximum Gasteiger partial charge on any atom is 0.358 e. The molecule has 1 aliphatic carbocycles. The van der Waals surface area contributed by atoms with Gasteiger partial charge >= 0.3 is 5.97 Å². The smallest absolute Gasteiger partial charge is 0.358 e. The van der Waals surface area contributed by atoms with E-state index in [-0.39, 0.29) is 18.6 Å². The molecule has 3 atom stereocenters. The number of piperidine rings is 1. The fraction of sp³-hybridized carbons (Fsp3) is 0.286. The van der Waals surface area contributed by atoms with E-state index in [0.717, 1.165) is 37.3 Å². The lowest BCUT2D eigenvalue weighted by molar-refractivity contribution is 0.0331. The Hall–Kier alpha value is -3.36. The fourth-order valence-corrected chi connectivity index (χ4v) is 6.92. The van der Waals surface area contributed by atoms with E-state index in [9.17, 15) is 9.59 Å². The average molecular weight is 516 g/mol. The summed E-state index contributed by atoms with van der Waals surface area (Å²) < 4.78 is 5.81. The lowest BCUT2D eigenvalue weighted by atomic mass is 10.1. The number of hydrogen-bond donors (Lipinski definition) is 0. The molecule has 0 N–H and O–H groups in total. The van der Waals surface area contributed by atoms with Crippen LogP contribution >= 0.6 is 22.7 Å². The second kappa shape index (κ2) is 9.26. The van der Waals surface area contributed by atoms with Gasteiger partial charge in [-0.05, 0) is 43.2 Å². The summed E-state index contributed by atoms with van der Waals surface area (Å²) in [5.74, 6) is 0.316. The van der Waals surface area contributed by atoms with Crippen molar-refractivity contribution in [1.29, 1.82) is 0 Å². The van der Waals surface area contributed by atoms with E-state index in [2.05, 4.69) is 9.97 Å². The van der Waals surface area contributed by atoms with Crippen LogP contribution in [0.25, 0.3) is 20.9 Å². The van der Waals surface area contributed by atoms with E-state index in [1.54, 1.807) is 0 Å². The van der Waals surface area contributed by atoms with Crippen LogP contribution in [0.5, 0.6) is 0 Å². The van der Waals surface area contributed by atoms with Crippen LogP contribution in [0, 0.1) is 25.7 Å². The number of hydrogen-bond acceptors (Lipinski definition) is 7. The largest absolute Gasteiger partial charge is 0.459 e. The highest BCUT2D eigenvalue weighted by atomic mass is 32.1. The van der Waals surface area contributed by atoms with E-state index < -0.39 is 5.97 Å². The number of benzene rings is 2. The van der Waals surface area contributed by atoms with Crippen molar-refractivity contribution in [3.05, 3.63) is 82.1 Å². The predicted octanol–water partition coefficient (Wildman–Crippen LogP) is 5.87. The molecular formula is C28H25N3O3S2. The molecule has 0 bridgehead atoms. The number of aryl methyl sites for hydroxylation is 2. The topological polar surface area (TPSA) is 72.4 Å². The van der Waals surface area contributed by atoms with Crippen LogP contribution in [-0.4, -0.2) is 45.9 Å². The first-order chi connectivity index (χ1) is 17.5. The Balaban J connectivity index is 1.21.